The molecule has 39 heavy (non-hydrogen) atoms. The second-order valence-electron chi connectivity index (χ2n) is 9.50. The van der Waals surface area contributed by atoms with Crippen LogP contribution in [0.3, 0.4) is 0 Å². The van der Waals surface area contributed by atoms with Crippen LogP contribution in [-0.2, 0) is 9.59 Å². The average Bonchev–Trinajstić information content (AvgIpc) is 3.44. The smallest absolute Gasteiger partial charge is 0.261 e. The Hall–Kier alpha value is -4.12. The number of halogens is 1. The number of rotatable bonds is 10. The quantitative estimate of drug-likeness (QED) is 0.384. The van der Waals surface area contributed by atoms with E-state index >= 15 is 0 Å². The number of anilines is 1. The van der Waals surface area contributed by atoms with Gasteiger partial charge in [-0.3, -0.25) is 19.3 Å². The fourth-order valence-electron chi connectivity index (χ4n) is 3.89. The molecule has 9 nitrogen and oxygen atoms in total. The van der Waals surface area contributed by atoms with Gasteiger partial charge < -0.3 is 24.8 Å². The van der Waals surface area contributed by atoms with E-state index < -0.39 is 41.7 Å². The van der Waals surface area contributed by atoms with Gasteiger partial charge in [-0.2, -0.15) is 0 Å². The van der Waals surface area contributed by atoms with Gasteiger partial charge >= 0.3 is 0 Å². The van der Waals surface area contributed by atoms with Gasteiger partial charge in [0.1, 0.15) is 11.9 Å². The monoisotopic (exact) mass is 557 g/mol. The summed E-state index contributed by atoms with van der Waals surface area (Å²) in [5.41, 5.74) is -0.0657. The minimum absolute atomic E-state index is 0.245. The average molecular weight is 558 g/mol. The third-order valence-electron chi connectivity index (χ3n) is 5.53. The maximum Gasteiger partial charge on any atom is 0.261 e. The molecule has 2 N–H and O–H groups in total. The largest absolute Gasteiger partial charge is 0.493 e. The summed E-state index contributed by atoms with van der Waals surface area (Å²) in [7, 11) is 4.33. The molecular formula is C28H32FN3O6S. The maximum absolute atomic E-state index is 13.9. The lowest BCUT2D eigenvalue weighted by molar-refractivity contribution is -0.127. The number of thiophene rings is 1. The number of ether oxygens (including phenoxy) is 3. The lowest BCUT2D eigenvalue weighted by Crippen LogP contribution is -2.51. The lowest BCUT2D eigenvalue weighted by atomic mass is 9.99. The standard InChI is InChI=1S/C28H32FN3O6S/c1-28(2,3)31-27(35)24(17-14-20(36-4)25(38-6)21(15-17)37-5)32(19-11-9-18(29)10-12-19)23(33)16-30-26(34)22-8-7-13-39-22/h7-15,24H,16H2,1-6H3,(H,30,34)(H,31,35)/t24-/m1/s1. The van der Waals surface area contributed by atoms with Gasteiger partial charge in [-0.15, -0.1) is 11.3 Å². The summed E-state index contributed by atoms with van der Waals surface area (Å²) in [4.78, 5) is 41.8. The van der Waals surface area contributed by atoms with Crippen molar-refractivity contribution in [3.63, 3.8) is 0 Å². The topological polar surface area (TPSA) is 106 Å². The first-order chi connectivity index (χ1) is 18.5. The van der Waals surface area contributed by atoms with Crippen molar-refractivity contribution in [3.8, 4) is 17.2 Å². The third-order valence-corrected chi connectivity index (χ3v) is 6.39. The predicted octanol–water partition coefficient (Wildman–Crippen LogP) is 4.33. The van der Waals surface area contributed by atoms with Crippen molar-refractivity contribution in [2.45, 2.75) is 32.4 Å². The molecule has 208 valence electrons. The molecule has 0 fully saturated rings. The first-order valence-corrected chi connectivity index (χ1v) is 12.9. The molecule has 0 saturated carbocycles. The second-order valence-corrected chi connectivity index (χ2v) is 10.4. The number of amides is 3. The summed E-state index contributed by atoms with van der Waals surface area (Å²) in [5, 5.41) is 7.28. The summed E-state index contributed by atoms with van der Waals surface area (Å²) in [6.45, 7) is 5.01. The highest BCUT2D eigenvalue weighted by Gasteiger charge is 2.36. The van der Waals surface area contributed by atoms with Crippen LogP contribution in [-0.4, -0.2) is 51.1 Å². The van der Waals surface area contributed by atoms with E-state index in [1.54, 1.807) is 29.6 Å². The van der Waals surface area contributed by atoms with E-state index in [1.165, 1.54) is 61.8 Å². The van der Waals surface area contributed by atoms with Crippen molar-refractivity contribution >= 4 is 34.7 Å². The molecule has 1 heterocycles. The number of carbonyl (C=O) groups excluding carboxylic acids is 3. The molecule has 0 aliphatic heterocycles. The first-order valence-electron chi connectivity index (χ1n) is 12.0. The van der Waals surface area contributed by atoms with Gasteiger partial charge in [0.25, 0.3) is 5.91 Å². The van der Waals surface area contributed by atoms with Crippen molar-refractivity contribution in [2.24, 2.45) is 0 Å². The molecule has 3 rings (SSSR count). The Morgan fingerprint density at radius 1 is 0.974 bits per heavy atom. The van der Waals surface area contributed by atoms with Crippen molar-refractivity contribution in [1.82, 2.24) is 10.6 Å². The molecule has 0 spiro atoms. The highest BCUT2D eigenvalue weighted by Crippen LogP contribution is 2.41. The Labute approximate surface area is 230 Å². The van der Waals surface area contributed by atoms with Crippen LogP contribution in [0.2, 0.25) is 0 Å². The fraction of sp³-hybridized carbons (Fsp3) is 0.321. The molecule has 0 bridgehead atoms. The SMILES string of the molecule is COc1cc([C@H](C(=O)NC(C)(C)C)N(C(=O)CNC(=O)c2cccs2)c2ccc(F)cc2)cc(OC)c1OC. The molecule has 3 aromatic rings. The molecular weight excluding hydrogens is 525 g/mol. The fourth-order valence-corrected chi connectivity index (χ4v) is 4.53. The predicted molar refractivity (Wildman–Crippen MR) is 147 cm³/mol. The number of benzene rings is 2. The molecule has 0 radical (unpaired) electrons. The Bertz CT molecular complexity index is 1280. The van der Waals surface area contributed by atoms with Crippen molar-refractivity contribution < 1.29 is 33.0 Å². The van der Waals surface area contributed by atoms with Crippen LogP contribution in [0.15, 0.2) is 53.9 Å². The summed E-state index contributed by atoms with van der Waals surface area (Å²) in [5.74, 6) is -1.20. The molecule has 1 atom stereocenters. The minimum Gasteiger partial charge on any atom is -0.493 e. The Balaban J connectivity index is 2.15. The van der Waals surface area contributed by atoms with Crippen molar-refractivity contribution in [2.75, 3.05) is 32.8 Å². The van der Waals surface area contributed by atoms with E-state index in [-0.39, 0.29) is 17.2 Å². The Morgan fingerprint density at radius 3 is 2.08 bits per heavy atom. The third kappa shape index (κ3) is 7.26. The Kier molecular flexibility index (Phi) is 9.52. The van der Waals surface area contributed by atoms with Crippen molar-refractivity contribution in [3.05, 3.63) is 70.2 Å². The van der Waals surface area contributed by atoms with E-state index in [9.17, 15) is 18.8 Å². The molecule has 0 saturated heterocycles. The van der Waals surface area contributed by atoms with Crippen LogP contribution in [0.25, 0.3) is 0 Å². The summed E-state index contributed by atoms with van der Waals surface area (Å²) >= 11 is 1.23. The van der Waals surface area contributed by atoms with Crippen LogP contribution in [0.5, 0.6) is 17.2 Å². The zero-order chi connectivity index (χ0) is 28.7. The van der Waals surface area contributed by atoms with Gasteiger partial charge in [0.2, 0.25) is 17.6 Å². The Morgan fingerprint density at radius 2 is 1.59 bits per heavy atom. The highest BCUT2D eigenvalue weighted by atomic mass is 32.1. The van der Waals surface area contributed by atoms with E-state index in [2.05, 4.69) is 10.6 Å². The van der Waals surface area contributed by atoms with E-state index in [0.29, 0.717) is 16.2 Å². The number of hydrogen-bond donors (Lipinski definition) is 2. The van der Waals surface area contributed by atoms with E-state index in [0.717, 1.165) is 0 Å². The van der Waals surface area contributed by atoms with Gasteiger partial charge in [-0.25, -0.2) is 4.39 Å². The molecule has 1 aromatic heterocycles. The summed E-state index contributed by atoms with van der Waals surface area (Å²) in [6, 6.07) is 10.4. The van der Waals surface area contributed by atoms with E-state index in [1.807, 2.05) is 20.8 Å². The lowest BCUT2D eigenvalue weighted by Gasteiger charge is -2.34. The highest BCUT2D eigenvalue weighted by molar-refractivity contribution is 7.12. The number of nitrogens with zero attached hydrogens (tertiary/aromatic N) is 1. The first kappa shape index (κ1) is 29.4. The number of carbonyl (C=O) groups is 3. The van der Waals surface area contributed by atoms with Crippen LogP contribution < -0.4 is 29.7 Å². The van der Waals surface area contributed by atoms with Gasteiger partial charge in [-0.1, -0.05) is 6.07 Å². The molecule has 0 unspecified atom stereocenters. The normalized spacial score (nSPS) is 11.8. The van der Waals surface area contributed by atoms with Gasteiger partial charge in [-0.05, 0) is 74.2 Å². The van der Waals surface area contributed by atoms with E-state index in [4.69, 9.17) is 14.2 Å². The summed E-state index contributed by atoms with van der Waals surface area (Å²) < 4.78 is 30.3. The van der Waals surface area contributed by atoms with Crippen LogP contribution in [0, 0.1) is 5.82 Å². The molecule has 11 heteroatoms. The van der Waals surface area contributed by atoms with Crippen molar-refractivity contribution in [1.29, 1.82) is 0 Å². The molecule has 3 amide bonds. The maximum atomic E-state index is 13.9. The minimum atomic E-state index is -1.26. The van der Waals surface area contributed by atoms with Crippen LogP contribution in [0.4, 0.5) is 10.1 Å². The molecule has 0 aliphatic carbocycles. The number of hydrogen-bond acceptors (Lipinski definition) is 7. The van der Waals surface area contributed by atoms with Crippen LogP contribution >= 0.6 is 11.3 Å². The molecule has 0 aliphatic rings. The van der Waals surface area contributed by atoms with Crippen LogP contribution in [0.1, 0.15) is 42.0 Å². The molecule has 2 aromatic carbocycles. The van der Waals surface area contributed by atoms with Gasteiger partial charge in [0.05, 0.1) is 32.8 Å². The number of methoxy groups -OCH3 is 3. The second kappa shape index (κ2) is 12.6. The summed E-state index contributed by atoms with van der Waals surface area (Å²) in [6.07, 6.45) is 0. The zero-order valence-corrected chi connectivity index (χ0v) is 23.5. The van der Waals surface area contributed by atoms with Gasteiger partial charge in [0.15, 0.2) is 11.5 Å². The zero-order valence-electron chi connectivity index (χ0n) is 22.7. The van der Waals surface area contributed by atoms with Gasteiger partial charge in [0, 0.05) is 11.2 Å². The number of nitrogens with one attached hydrogen (secondary N) is 2.